The van der Waals surface area contributed by atoms with E-state index in [0.717, 1.165) is 0 Å². The van der Waals surface area contributed by atoms with Crippen molar-refractivity contribution in [2.75, 3.05) is 13.2 Å². The van der Waals surface area contributed by atoms with Crippen LogP contribution in [-0.4, -0.2) is 33.7 Å². The van der Waals surface area contributed by atoms with Gasteiger partial charge in [-0.05, 0) is 24.6 Å². The third-order valence-corrected chi connectivity index (χ3v) is 3.52. The highest BCUT2D eigenvalue weighted by molar-refractivity contribution is 7.89. The molecule has 8 nitrogen and oxygen atoms in total. The van der Waals surface area contributed by atoms with Gasteiger partial charge in [0.05, 0.1) is 4.90 Å². The van der Waals surface area contributed by atoms with Crippen molar-refractivity contribution in [1.29, 1.82) is 0 Å². The molecule has 0 spiro atoms. The number of carbonyl (C=O) groups is 2. The van der Waals surface area contributed by atoms with E-state index < -0.39 is 22.1 Å². The summed E-state index contributed by atoms with van der Waals surface area (Å²) in [4.78, 5) is 22.5. The number of ether oxygens (including phenoxy) is 2. The third kappa shape index (κ3) is 6.94. The quantitative estimate of drug-likeness (QED) is 0.426. The summed E-state index contributed by atoms with van der Waals surface area (Å²) in [5, 5.41) is 7.45. The second-order valence-corrected chi connectivity index (χ2v) is 6.16. The fourth-order valence-electron chi connectivity index (χ4n) is 1.41. The molecule has 0 aliphatic rings. The molecule has 9 heteroatoms. The maximum atomic E-state index is 11.4. The molecule has 1 aromatic rings. The lowest BCUT2D eigenvalue weighted by Crippen LogP contribution is -2.25. The predicted molar refractivity (Wildman–Crippen MR) is 81.8 cm³/mol. The molecule has 0 atom stereocenters. The number of amides is 1. The average molecular weight is 342 g/mol. The van der Waals surface area contributed by atoms with Gasteiger partial charge < -0.3 is 14.8 Å². The standard InChI is InChI=1S/C14H18N2O6S/c1-10(2)13(17)21-7-8-22-14(18)16-9-11-3-5-12(6-4-11)23(15,19)20/h3-6H,1,7-9H2,2H3,(H,16,18)(H2,15,19,20). The number of sulfonamides is 1. The monoisotopic (exact) mass is 342 g/mol. The number of hydrogen-bond donors (Lipinski definition) is 2. The van der Waals surface area contributed by atoms with E-state index in [-0.39, 0.29) is 30.2 Å². The van der Waals surface area contributed by atoms with Gasteiger partial charge in [-0.15, -0.1) is 0 Å². The molecule has 1 aromatic carbocycles. The van der Waals surface area contributed by atoms with Crippen molar-refractivity contribution in [3.05, 3.63) is 42.0 Å². The minimum atomic E-state index is -3.74. The van der Waals surface area contributed by atoms with Crippen molar-refractivity contribution in [2.45, 2.75) is 18.4 Å². The molecular formula is C14H18N2O6S. The normalized spacial score (nSPS) is 10.7. The number of hydrogen-bond acceptors (Lipinski definition) is 6. The lowest BCUT2D eigenvalue weighted by molar-refractivity contribution is -0.139. The first kappa shape index (κ1) is 18.7. The predicted octanol–water partition coefficient (Wildman–Crippen LogP) is 0.679. The minimum absolute atomic E-state index is 0.0110. The molecule has 3 N–H and O–H groups in total. The van der Waals surface area contributed by atoms with Crippen LogP contribution in [0, 0.1) is 0 Å². The summed E-state index contributed by atoms with van der Waals surface area (Å²) >= 11 is 0. The van der Waals surface area contributed by atoms with Crippen LogP contribution in [0.5, 0.6) is 0 Å². The zero-order chi connectivity index (χ0) is 17.5. The van der Waals surface area contributed by atoms with E-state index in [1.54, 1.807) is 0 Å². The first-order chi connectivity index (χ1) is 10.7. The van der Waals surface area contributed by atoms with Gasteiger partial charge in [0.2, 0.25) is 10.0 Å². The molecule has 0 bridgehead atoms. The summed E-state index contributed by atoms with van der Waals surface area (Å²) in [7, 11) is -3.74. The van der Waals surface area contributed by atoms with Crippen molar-refractivity contribution < 1.29 is 27.5 Å². The van der Waals surface area contributed by atoms with Gasteiger partial charge in [-0.1, -0.05) is 18.7 Å². The largest absolute Gasteiger partial charge is 0.459 e. The number of nitrogens with one attached hydrogen (secondary N) is 1. The molecule has 0 radical (unpaired) electrons. The smallest absolute Gasteiger partial charge is 0.407 e. The van der Waals surface area contributed by atoms with Crippen molar-refractivity contribution in [1.82, 2.24) is 5.32 Å². The molecule has 23 heavy (non-hydrogen) atoms. The average Bonchev–Trinajstić information content (AvgIpc) is 2.48. The Hall–Kier alpha value is -2.39. The van der Waals surface area contributed by atoms with E-state index in [4.69, 9.17) is 14.6 Å². The Morgan fingerprint density at radius 3 is 2.26 bits per heavy atom. The van der Waals surface area contributed by atoms with Crippen LogP contribution in [0.2, 0.25) is 0 Å². The van der Waals surface area contributed by atoms with Gasteiger partial charge in [-0.3, -0.25) is 0 Å². The van der Waals surface area contributed by atoms with E-state index in [1.807, 2.05) is 0 Å². The Morgan fingerprint density at radius 1 is 1.17 bits per heavy atom. The highest BCUT2D eigenvalue weighted by atomic mass is 32.2. The van der Waals surface area contributed by atoms with E-state index in [9.17, 15) is 18.0 Å². The Balaban J connectivity index is 2.31. The number of alkyl carbamates (subject to hydrolysis) is 1. The number of esters is 1. The molecule has 0 saturated heterocycles. The van der Waals surface area contributed by atoms with Crippen LogP contribution in [0.3, 0.4) is 0 Å². The molecule has 0 saturated carbocycles. The summed E-state index contributed by atoms with van der Waals surface area (Å²) in [6, 6.07) is 5.73. The summed E-state index contributed by atoms with van der Waals surface area (Å²) < 4.78 is 31.7. The maximum Gasteiger partial charge on any atom is 0.407 e. The van der Waals surface area contributed by atoms with Crippen molar-refractivity contribution in [3.63, 3.8) is 0 Å². The highest BCUT2D eigenvalue weighted by Crippen LogP contribution is 2.08. The Morgan fingerprint density at radius 2 is 1.74 bits per heavy atom. The van der Waals surface area contributed by atoms with E-state index in [1.165, 1.54) is 31.2 Å². The third-order valence-electron chi connectivity index (χ3n) is 2.59. The molecule has 0 unspecified atom stereocenters. The van der Waals surface area contributed by atoms with Crippen molar-refractivity contribution in [3.8, 4) is 0 Å². The summed E-state index contributed by atoms with van der Waals surface area (Å²) in [5.41, 5.74) is 0.931. The molecule has 0 aliphatic carbocycles. The van der Waals surface area contributed by atoms with Crippen molar-refractivity contribution >= 4 is 22.1 Å². The fourth-order valence-corrected chi connectivity index (χ4v) is 1.93. The molecule has 1 amide bonds. The lowest BCUT2D eigenvalue weighted by atomic mass is 10.2. The second-order valence-electron chi connectivity index (χ2n) is 4.59. The van der Waals surface area contributed by atoms with E-state index >= 15 is 0 Å². The summed E-state index contributed by atoms with van der Waals surface area (Å²) in [6.07, 6.45) is -0.688. The van der Waals surface area contributed by atoms with Gasteiger partial charge >= 0.3 is 12.1 Å². The number of primary sulfonamides is 1. The molecule has 0 aliphatic heterocycles. The second kappa shape index (κ2) is 8.30. The Kier molecular flexibility index (Phi) is 6.73. The highest BCUT2D eigenvalue weighted by Gasteiger charge is 2.08. The van der Waals surface area contributed by atoms with Crippen LogP contribution in [0.1, 0.15) is 12.5 Å². The SMILES string of the molecule is C=C(C)C(=O)OCCOC(=O)NCc1ccc(S(N)(=O)=O)cc1. The van der Waals surface area contributed by atoms with Gasteiger partial charge in [0.15, 0.2) is 0 Å². The van der Waals surface area contributed by atoms with Crippen LogP contribution in [0.25, 0.3) is 0 Å². The molecule has 0 heterocycles. The topological polar surface area (TPSA) is 125 Å². The summed E-state index contributed by atoms with van der Waals surface area (Å²) in [6.45, 7) is 4.92. The first-order valence-electron chi connectivity index (χ1n) is 6.55. The molecule has 1 rings (SSSR count). The van der Waals surface area contributed by atoms with E-state index in [0.29, 0.717) is 5.56 Å². The van der Waals surface area contributed by atoms with Gasteiger partial charge in [0.1, 0.15) is 13.2 Å². The van der Waals surface area contributed by atoms with Crippen LogP contribution in [0.4, 0.5) is 4.79 Å². The van der Waals surface area contributed by atoms with Crippen molar-refractivity contribution in [2.24, 2.45) is 5.14 Å². The number of nitrogens with two attached hydrogens (primary N) is 1. The number of rotatable bonds is 7. The zero-order valence-electron chi connectivity index (χ0n) is 12.6. The molecule has 126 valence electrons. The Labute approximate surface area is 134 Å². The number of carbonyl (C=O) groups excluding carboxylic acids is 2. The van der Waals surface area contributed by atoms with Crippen LogP contribution < -0.4 is 10.5 Å². The van der Waals surface area contributed by atoms with Crippen LogP contribution in [0.15, 0.2) is 41.3 Å². The first-order valence-corrected chi connectivity index (χ1v) is 8.10. The molecule has 0 fully saturated rings. The molecular weight excluding hydrogens is 324 g/mol. The lowest BCUT2D eigenvalue weighted by Gasteiger charge is -2.08. The van der Waals surface area contributed by atoms with Gasteiger partial charge in [0.25, 0.3) is 0 Å². The van der Waals surface area contributed by atoms with E-state index in [2.05, 4.69) is 11.9 Å². The summed E-state index contributed by atoms with van der Waals surface area (Å²) in [5.74, 6) is -0.552. The minimum Gasteiger partial charge on any atom is -0.459 e. The Bertz CT molecular complexity index is 682. The maximum absolute atomic E-state index is 11.4. The molecule has 0 aromatic heterocycles. The van der Waals surface area contributed by atoms with Crippen LogP contribution >= 0.6 is 0 Å². The van der Waals surface area contributed by atoms with Crippen LogP contribution in [-0.2, 0) is 30.8 Å². The van der Waals surface area contributed by atoms with Gasteiger partial charge in [-0.25, -0.2) is 23.1 Å². The zero-order valence-corrected chi connectivity index (χ0v) is 13.4. The number of benzene rings is 1. The van der Waals surface area contributed by atoms with Gasteiger partial charge in [-0.2, -0.15) is 0 Å². The fraction of sp³-hybridized carbons (Fsp3) is 0.286. The van der Waals surface area contributed by atoms with Gasteiger partial charge in [0, 0.05) is 12.1 Å².